The van der Waals surface area contributed by atoms with E-state index in [0.717, 1.165) is 0 Å². The zero-order valence-electron chi connectivity index (χ0n) is 11.1. The summed E-state index contributed by atoms with van der Waals surface area (Å²) in [4.78, 5) is 22.5. The van der Waals surface area contributed by atoms with E-state index in [0.29, 0.717) is 11.5 Å². The van der Waals surface area contributed by atoms with Crippen molar-refractivity contribution in [1.82, 2.24) is 10.5 Å². The SMILES string of the molecule is Cc1cc(CNC(=O)c2cccc(NN)c2[N+](=O)[O-])no1. The largest absolute Gasteiger partial charge is 0.361 e. The molecule has 0 unspecified atom stereocenters. The fourth-order valence-electron chi connectivity index (χ4n) is 1.81. The number of nitro groups is 1. The summed E-state index contributed by atoms with van der Waals surface area (Å²) in [6.07, 6.45) is 0. The van der Waals surface area contributed by atoms with Gasteiger partial charge in [0.05, 0.1) is 11.5 Å². The van der Waals surface area contributed by atoms with Crippen molar-refractivity contribution in [2.75, 3.05) is 5.43 Å². The number of anilines is 1. The number of nitro benzene ring substituents is 1. The van der Waals surface area contributed by atoms with Crippen LogP contribution in [0.4, 0.5) is 11.4 Å². The number of hydrazine groups is 1. The van der Waals surface area contributed by atoms with Gasteiger partial charge in [0.1, 0.15) is 22.7 Å². The molecule has 0 aliphatic heterocycles. The number of benzene rings is 1. The Bertz CT molecular complexity index is 682. The van der Waals surface area contributed by atoms with E-state index in [1.165, 1.54) is 18.2 Å². The highest BCUT2D eigenvalue weighted by atomic mass is 16.6. The number of hydrogen-bond donors (Lipinski definition) is 3. The maximum atomic E-state index is 12.1. The van der Waals surface area contributed by atoms with Crippen LogP contribution in [0.1, 0.15) is 21.8 Å². The highest BCUT2D eigenvalue weighted by Crippen LogP contribution is 2.27. The zero-order valence-corrected chi connectivity index (χ0v) is 11.1. The predicted molar refractivity (Wildman–Crippen MR) is 73.3 cm³/mol. The maximum absolute atomic E-state index is 12.1. The summed E-state index contributed by atoms with van der Waals surface area (Å²) in [5.74, 6) is 5.23. The standard InChI is InChI=1S/C12H13N5O4/c1-7-5-8(16-21-7)6-14-12(18)9-3-2-4-10(15-13)11(9)17(19)20/h2-5,15H,6,13H2,1H3,(H,14,18). The summed E-state index contributed by atoms with van der Waals surface area (Å²) >= 11 is 0. The summed E-state index contributed by atoms with van der Waals surface area (Å²) in [5, 5.41) is 17.3. The van der Waals surface area contributed by atoms with Gasteiger partial charge in [-0.15, -0.1) is 0 Å². The third-order valence-electron chi connectivity index (χ3n) is 2.73. The lowest BCUT2D eigenvalue weighted by Gasteiger charge is -2.07. The summed E-state index contributed by atoms with van der Waals surface area (Å²) in [5.41, 5.74) is 2.32. The van der Waals surface area contributed by atoms with Crippen LogP contribution in [-0.2, 0) is 6.54 Å². The number of carbonyl (C=O) groups excluding carboxylic acids is 1. The minimum Gasteiger partial charge on any atom is -0.361 e. The monoisotopic (exact) mass is 291 g/mol. The van der Waals surface area contributed by atoms with Crippen molar-refractivity contribution >= 4 is 17.3 Å². The van der Waals surface area contributed by atoms with Gasteiger partial charge < -0.3 is 15.3 Å². The van der Waals surface area contributed by atoms with E-state index in [-0.39, 0.29) is 23.5 Å². The molecule has 0 atom stereocenters. The number of nitrogens with zero attached hydrogens (tertiary/aromatic N) is 2. The molecular weight excluding hydrogens is 278 g/mol. The predicted octanol–water partition coefficient (Wildman–Crippen LogP) is 1.11. The molecule has 2 rings (SSSR count). The summed E-state index contributed by atoms with van der Waals surface area (Å²) < 4.78 is 4.86. The van der Waals surface area contributed by atoms with Crippen molar-refractivity contribution in [2.24, 2.45) is 5.84 Å². The number of hydrogen-bond acceptors (Lipinski definition) is 7. The average molecular weight is 291 g/mol. The van der Waals surface area contributed by atoms with E-state index in [1.54, 1.807) is 13.0 Å². The molecular formula is C12H13N5O4. The van der Waals surface area contributed by atoms with Gasteiger partial charge in [0, 0.05) is 6.07 Å². The first kappa shape index (κ1) is 14.5. The van der Waals surface area contributed by atoms with Crippen LogP contribution in [0.5, 0.6) is 0 Å². The quantitative estimate of drug-likeness (QED) is 0.426. The molecule has 110 valence electrons. The molecule has 1 aromatic heterocycles. The number of carbonyl (C=O) groups is 1. The third-order valence-corrected chi connectivity index (χ3v) is 2.73. The minimum atomic E-state index is -0.662. The van der Waals surface area contributed by atoms with Crippen LogP contribution in [-0.4, -0.2) is 16.0 Å². The fraction of sp³-hybridized carbons (Fsp3) is 0.167. The topological polar surface area (TPSA) is 136 Å². The number of aryl methyl sites for hydroxylation is 1. The Balaban J connectivity index is 2.20. The number of rotatable bonds is 5. The molecule has 0 radical (unpaired) electrons. The smallest absolute Gasteiger partial charge is 0.306 e. The summed E-state index contributed by atoms with van der Waals surface area (Å²) in [6, 6.07) is 5.92. The molecule has 2 aromatic rings. The fourth-order valence-corrected chi connectivity index (χ4v) is 1.81. The van der Waals surface area contributed by atoms with Crippen LogP contribution < -0.4 is 16.6 Å². The van der Waals surface area contributed by atoms with Crippen molar-refractivity contribution in [2.45, 2.75) is 13.5 Å². The minimum absolute atomic E-state index is 0.0601. The Morgan fingerprint density at radius 2 is 2.29 bits per heavy atom. The number of para-hydroxylation sites is 1. The normalized spacial score (nSPS) is 10.2. The molecule has 0 spiro atoms. The number of nitrogens with one attached hydrogen (secondary N) is 2. The molecule has 9 nitrogen and oxygen atoms in total. The van der Waals surface area contributed by atoms with E-state index in [2.05, 4.69) is 15.9 Å². The van der Waals surface area contributed by atoms with Crippen molar-refractivity contribution in [1.29, 1.82) is 0 Å². The lowest BCUT2D eigenvalue weighted by Crippen LogP contribution is -2.24. The van der Waals surface area contributed by atoms with Gasteiger partial charge in [-0.25, -0.2) is 0 Å². The highest BCUT2D eigenvalue weighted by molar-refractivity contribution is 6.00. The Kier molecular flexibility index (Phi) is 4.14. The zero-order chi connectivity index (χ0) is 15.4. The van der Waals surface area contributed by atoms with Crippen molar-refractivity contribution in [3.05, 3.63) is 51.4 Å². The molecule has 0 fully saturated rings. The molecule has 1 heterocycles. The van der Waals surface area contributed by atoms with E-state index in [4.69, 9.17) is 10.4 Å². The molecule has 1 aromatic carbocycles. The van der Waals surface area contributed by atoms with Gasteiger partial charge in [0.15, 0.2) is 0 Å². The molecule has 0 aliphatic rings. The first-order valence-corrected chi connectivity index (χ1v) is 5.97. The molecule has 9 heteroatoms. The lowest BCUT2D eigenvalue weighted by molar-refractivity contribution is -0.384. The van der Waals surface area contributed by atoms with E-state index < -0.39 is 10.8 Å². The lowest BCUT2D eigenvalue weighted by atomic mass is 10.1. The Hall–Kier alpha value is -2.94. The second-order valence-electron chi connectivity index (χ2n) is 4.21. The van der Waals surface area contributed by atoms with E-state index in [9.17, 15) is 14.9 Å². The molecule has 0 saturated carbocycles. The second kappa shape index (κ2) is 6.01. The molecule has 21 heavy (non-hydrogen) atoms. The van der Waals surface area contributed by atoms with Crippen LogP contribution in [0.3, 0.4) is 0 Å². The van der Waals surface area contributed by atoms with Crippen LogP contribution in [0.15, 0.2) is 28.8 Å². The highest BCUT2D eigenvalue weighted by Gasteiger charge is 2.24. The molecule has 0 saturated heterocycles. The Morgan fingerprint density at radius 1 is 1.52 bits per heavy atom. The van der Waals surface area contributed by atoms with E-state index in [1.807, 2.05) is 0 Å². The van der Waals surface area contributed by atoms with Gasteiger partial charge in [-0.2, -0.15) is 0 Å². The van der Waals surface area contributed by atoms with Gasteiger partial charge in [0.25, 0.3) is 5.91 Å². The molecule has 1 amide bonds. The van der Waals surface area contributed by atoms with Gasteiger partial charge in [-0.1, -0.05) is 11.2 Å². The third kappa shape index (κ3) is 3.15. The van der Waals surface area contributed by atoms with Gasteiger partial charge in [-0.3, -0.25) is 20.8 Å². The van der Waals surface area contributed by atoms with Crippen LogP contribution in [0.25, 0.3) is 0 Å². The number of nitrogen functional groups attached to an aromatic ring is 1. The van der Waals surface area contributed by atoms with Gasteiger partial charge in [-0.05, 0) is 19.1 Å². The molecule has 0 aliphatic carbocycles. The van der Waals surface area contributed by atoms with Crippen LogP contribution >= 0.6 is 0 Å². The second-order valence-corrected chi connectivity index (χ2v) is 4.21. The van der Waals surface area contributed by atoms with Crippen LogP contribution in [0.2, 0.25) is 0 Å². The van der Waals surface area contributed by atoms with E-state index >= 15 is 0 Å². The number of aromatic nitrogens is 1. The summed E-state index contributed by atoms with van der Waals surface area (Å²) in [6.45, 7) is 1.83. The Labute approximate surface area is 119 Å². The van der Waals surface area contributed by atoms with Crippen molar-refractivity contribution < 1.29 is 14.2 Å². The van der Waals surface area contributed by atoms with Gasteiger partial charge in [0.2, 0.25) is 0 Å². The first-order valence-electron chi connectivity index (χ1n) is 5.97. The number of amides is 1. The van der Waals surface area contributed by atoms with Crippen molar-refractivity contribution in [3.63, 3.8) is 0 Å². The first-order chi connectivity index (χ1) is 10.0. The maximum Gasteiger partial charge on any atom is 0.306 e. The van der Waals surface area contributed by atoms with Crippen molar-refractivity contribution in [3.8, 4) is 0 Å². The van der Waals surface area contributed by atoms with Gasteiger partial charge >= 0.3 is 5.69 Å². The van der Waals surface area contributed by atoms with Crippen LogP contribution in [0, 0.1) is 17.0 Å². The number of nitrogens with two attached hydrogens (primary N) is 1. The molecule has 4 N–H and O–H groups in total. The summed E-state index contributed by atoms with van der Waals surface area (Å²) in [7, 11) is 0. The average Bonchev–Trinajstić information content (AvgIpc) is 2.89. The molecule has 0 bridgehead atoms. The Morgan fingerprint density at radius 3 is 2.86 bits per heavy atom.